The van der Waals surface area contributed by atoms with Gasteiger partial charge in [0.2, 0.25) is 11.8 Å². The van der Waals surface area contributed by atoms with Crippen molar-refractivity contribution in [1.82, 2.24) is 10.6 Å². The Kier molecular flexibility index (Phi) is 11.4. The number of ether oxygens (including phenoxy) is 7. The Morgan fingerprint density at radius 2 is 1.40 bits per heavy atom. The molecule has 3 heterocycles. The molecule has 0 radical (unpaired) electrons. The van der Waals surface area contributed by atoms with E-state index in [9.17, 15) is 28.8 Å². The molecule has 2 amide bonds. The summed E-state index contributed by atoms with van der Waals surface area (Å²) in [4.78, 5) is 74.0. The molecular formula is C29H36N2O13S. The number of benzene rings is 1. The van der Waals surface area contributed by atoms with Gasteiger partial charge in [0.05, 0.1) is 23.5 Å². The summed E-state index contributed by atoms with van der Waals surface area (Å²) in [5.41, 5.74) is -0.805. The maximum atomic E-state index is 13.3. The molecule has 3 aliphatic heterocycles. The van der Waals surface area contributed by atoms with Crippen molar-refractivity contribution in [2.45, 2.75) is 94.2 Å². The van der Waals surface area contributed by atoms with Crippen LogP contribution in [0.2, 0.25) is 0 Å². The van der Waals surface area contributed by atoms with Crippen LogP contribution in [0.4, 0.5) is 0 Å². The molecule has 15 nitrogen and oxygen atoms in total. The standard InChI is InChI=1S/C29H36N2O13S/c1-13(32)30-21-25(44-27(37)18-9-7-6-8-10-18)26(20-12-39-28(21)42-20)45-29-22(31-14(2)33)24(41-17(5)36)23(40-16(4)35)19(43-29)11-38-15(3)34/h6-10,19-26,28-29H,11-12H2,1-5H3,(H,30,32)(H,31,33)/t19-,20-,21-,22-,23-,24-,25-,26-,28+,29+/m1/s1. The van der Waals surface area contributed by atoms with Gasteiger partial charge in [-0.3, -0.25) is 24.0 Å². The first-order chi connectivity index (χ1) is 21.3. The van der Waals surface area contributed by atoms with E-state index in [2.05, 4.69) is 10.6 Å². The molecule has 2 N–H and O–H groups in total. The summed E-state index contributed by atoms with van der Waals surface area (Å²) in [6.07, 6.45) is -6.30. The number of amides is 2. The van der Waals surface area contributed by atoms with Crippen molar-refractivity contribution in [1.29, 1.82) is 0 Å². The normalized spacial score (nSPS) is 32.0. The Bertz CT molecular complexity index is 1280. The predicted molar refractivity (Wildman–Crippen MR) is 153 cm³/mol. The smallest absolute Gasteiger partial charge is 0.338 e. The van der Waals surface area contributed by atoms with Gasteiger partial charge in [-0.05, 0) is 12.1 Å². The van der Waals surface area contributed by atoms with E-state index < -0.39 is 95.3 Å². The van der Waals surface area contributed by atoms with Crippen LogP contribution in [-0.2, 0) is 57.1 Å². The molecule has 3 aliphatic rings. The van der Waals surface area contributed by atoms with Crippen LogP contribution in [0.5, 0.6) is 0 Å². The first-order valence-electron chi connectivity index (χ1n) is 14.2. The van der Waals surface area contributed by atoms with Gasteiger partial charge >= 0.3 is 23.9 Å². The maximum absolute atomic E-state index is 13.3. The second-order valence-corrected chi connectivity index (χ2v) is 11.9. The highest BCUT2D eigenvalue weighted by molar-refractivity contribution is 8.00. The van der Waals surface area contributed by atoms with E-state index in [1.807, 2.05) is 0 Å². The Balaban J connectivity index is 1.73. The highest BCUT2D eigenvalue weighted by Gasteiger charge is 2.57. The minimum absolute atomic E-state index is 0.0790. The van der Waals surface area contributed by atoms with E-state index in [1.54, 1.807) is 30.3 Å². The number of hydrogen-bond acceptors (Lipinski definition) is 14. The van der Waals surface area contributed by atoms with Crippen molar-refractivity contribution in [3.8, 4) is 0 Å². The fourth-order valence-corrected chi connectivity index (χ4v) is 7.00. The second-order valence-electron chi connectivity index (χ2n) is 10.7. The molecule has 16 heteroatoms. The Morgan fingerprint density at radius 3 is 2.00 bits per heavy atom. The maximum Gasteiger partial charge on any atom is 0.338 e. The van der Waals surface area contributed by atoms with Crippen LogP contribution in [0.1, 0.15) is 45.0 Å². The quantitative estimate of drug-likeness (QED) is 0.258. The molecule has 45 heavy (non-hydrogen) atoms. The second kappa shape index (κ2) is 15.0. The summed E-state index contributed by atoms with van der Waals surface area (Å²) < 4.78 is 40.4. The number of thioether (sulfide) groups is 1. The average Bonchev–Trinajstić information content (AvgIpc) is 3.40. The third-order valence-electron chi connectivity index (χ3n) is 7.06. The van der Waals surface area contributed by atoms with Crippen LogP contribution in [0, 0.1) is 0 Å². The molecule has 3 saturated heterocycles. The zero-order valence-electron chi connectivity index (χ0n) is 25.3. The Labute approximate surface area is 263 Å². The van der Waals surface area contributed by atoms with Crippen LogP contribution >= 0.6 is 11.8 Å². The van der Waals surface area contributed by atoms with Crippen molar-refractivity contribution in [2.24, 2.45) is 0 Å². The summed E-state index contributed by atoms with van der Waals surface area (Å²) in [6.45, 7) is 5.72. The van der Waals surface area contributed by atoms with Gasteiger partial charge in [-0.1, -0.05) is 18.2 Å². The molecule has 10 atom stereocenters. The number of hydrogen-bond donors (Lipinski definition) is 2. The molecule has 0 aliphatic carbocycles. The molecule has 0 aromatic heterocycles. The predicted octanol–water partition coefficient (Wildman–Crippen LogP) is 0.230. The summed E-state index contributed by atoms with van der Waals surface area (Å²) in [5, 5.41) is 4.71. The van der Waals surface area contributed by atoms with Crippen LogP contribution in [-0.4, -0.2) is 108 Å². The molecule has 246 valence electrons. The van der Waals surface area contributed by atoms with Crippen molar-refractivity contribution >= 4 is 47.5 Å². The number of nitrogens with one attached hydrogen (secondary N) is 2. The number of rotatable bonds is 10. The minimum atomic E-state index is -1.28. The van der Waals surface area contributed by atoms with E-state index in [0.717, 1.165) is 25.6 Å². The first-order valence-corrected chi connectivity index (χ1v) is 15.1. The van der Waals surface area contributed by atoms with E-state index in [0.29, 0.717) is 0 Å². The molecule has 3 fully saturated rings. The molecule has 1 aromatic carbocycles. The summed E-state index contributed by atoms with van der Waals surface area (Å²) in [7, 11) is 0. The van der Waals surface area contributed by atoms with Crippen molar-refractivity contribution in [2.75, 3.05) is 13.2 Å². The number of fused-ring (bicyclic) bond motifs is 2. The van der Waals surface area contributed by atoms with Crippen LogP contribution in [0.15, 0.2) is 30.3 Å². The fraction of sp³-hybridized carbons (Fsp3) is 0.586. The molecule has 2 bridgehead atoms. The number of esters is 4. The lowest BCUT2D eigenvalue weighted by molar-refractivity contribution is -0.212. The van der Waals surface area contributed by atoms with Crippen LogP contribution < -0.4 is 10.6 Å². The van der Waals surface area contributed by atoms with Crippen LogP contribution in [0.25, 0.3) is 0 Å². The molecule has 4 rings (SSSR count). The van der Waals surface area contributed by atoms with Gasteiger partial charge in [-0.25, -0.2) is 4.79 Å². The lowest BCUT2D eigenvalue weighted by Crippen LogP contribution is -2.66. The topological polar surface area (TPSA) is 191 Å². The van der Waals surface area contributed by atoms with E-state index >= 15 is 0 Å². The molecule has 1 aromatic rings. The van der Waals surface area contributed by atoms with E-state index in [1.165, 1.54) is 20.8 Å². The van der Waals surface area contributed by atoms with Gasteiger partial charge in [-0.2, -0.15) is 0 Å². The van der Waals surface area contributed by atoms with Gasteiger partial charge in [0.1, 0.15) is 36.3 Å². The molecule has 0 spiro atoms. The van der Waals surface area contributed by atoms with E-state index in [4.69, 9.17) is 33.2 Å². The summed E-state index contributed by atoms with van der Waals surface area (Å²) >= 11 is 1.07. The Hall–Kier alpha value is -3.73. The van der Waals surface area contributed by atoms with Gasteiger partial charge in [0, 0.05) is 34.6 Å². The highest BCUT2D eigenvalue weighted by atomic mass is 32.2. The van der Waals surface area contributed by atoms with Gasteiger partial charge in [0.25, 0.3) is 0 Å². The number of carbonyl (C=O) groups is 6. The largest absolute Gasteiger partial charge is 0.463 e. The van der Waals surface area contributed by atoms with Gasteiger partial charge < -0.3 is 43.8 Å². The molecule has 0 unspecified atom stereocenters. The third kappa shape index (κ3) is 8.71. The molecule has 0 saturated carbocycles. The summed E-state index contributed by atoms with van der Waals surface area (Å²) in [6, 6.07) is 6.22. The van der Waals surface area contributed by atoms with Crippen LogP contribution in [0.3, 0.4) is 0 Å². The number of carbonyl (C=O) groups excluding carboxylic acids is 6. The lowest BCUT2D eigenvalue weighted by atomic mass is 9.97. The van der Waals surface area contributed by atoms with Gasteiger partial charge in [0.15, 0.2) is 18.5 Å². The van der Waals surface area contributed by atoms with Crippen molar-refractivity contribution < 1.29 is 61.9 Å². The average molecular weight is 653 g/mol. The zero-order valence-corrected chi connectivity index (χ0v) is 26.1. The summed E-state index contributed by atoms with van der Waals surface area (Å²) in [5.74, 6) is -3.71. The minimum Gasteiger partial charge on any atom is -0.463 e. The highest BCUT2D eigenvalue weighted by Crippen LogP contribution is 2.42. The Morgan fingerprint density at radius 1 is 0.778 bits per heavy atom. The van der Waals surface area contributed by atoms with Gasteiger partial charge in [-0.15, -0.1) is 11.8 Å². The monoisotopic (exact) mass is 652 g/mol. The van der Waals surface area contributed by atoms with Crippen molar-refractivity contribution in [3.63, 3.8) is 0 Å². The zero-order chi connectivity index (χ0) is 32.8. The SMILES string of the molecule is CC(=O)N[C@@H]1[C@@H](OC(C)=O)[C@H](OC(C)=O)[C@@H](COC(C)=O)O[C@H]1S[C@H]1[C@H](OC(=O)c2ccccc2)[C@@H](NC(C)=O)[C@H]2OC[C@H]1O2. The van der Waals surface area contributed by atoms with Crippen molar-refractivity contribution in [3.05, 3.63) is 35.9 Å². The fourth-order valence-electron chi connectivity index (χ4n) is 5.39. The lowest BCUT2D eigenvalue weighted by Gasteiger charge is -2.47. The third-order valence-corrected chi connectivity index (χ3v) is 8.61. The molecular weight excluding hydrogens is 616 g/mol. The van der Waals surface area contributed by atoms with E-state index in [-0.39, 0.29) is 18.8 Å². The first kappa shape index (κ1) is 34.1.